The number of nitrogens with zero attached hydrogens (tertiary/aromatic N) is 1. The van der Waals surface area contributed by atoms with Crippen LogP contribution in [0.25, 0.3) is 0 Å². The second-order valence-electron chi connectivity index (χ2n) is 7.76. The minimum Gasteiger partial charge on any atom is -0.492 e. The van der Waals surface area contributed by atoms with Crippen molar-refractivity contribution in [3.63, 3.8) is 0 Å². The van der Waals surface area contributed by atoms with E-state index < -0.39 is 5.97 Å². The largest absolute Gasteiger partial charge is 0.492 e. The van der Waals surface area contributed by atoms with Gasteiger partial charge in [0.1, 0.15) is 0 Å². The number of hydrogen-bond donors (Lipinski definition) is 3. The molecule has 0 fully saturated rings. The Balaban J connectivity index is 1.82. The molecule has 0 aromatic carbocycles. The van der Waals surface area contributed by atoms with Gasteiger partial charge in [-0.05, 0) is 6.42 Å². The molecule has 1 aromatic heterocycles. The predicted octanol–water partition coefficient (Wildman–Crippen LogP) is 1.35. The van der Waals surface area contributed by atoms with Crippen molar-refractivity contribution in [2.45, 2.75) is 38.4 Å². The van der Waals surface area contributed by atoms with Crippen LogP contribution in [-0.2, 0) is 28.5 Å². The topological polar surface area (TPSA) is 138 Å². The minimum absolute atomic E-state index is 0.0185. The number of nitrogens with one attached hydrogen (secondary N) is 1. The molecule has 0 radical (unpaired) electrons. The van der Waals surface area contributed by atoms with Crippen molar-refractivity contribution < 1.29 is 43.6 Å². The second kappa shape index (κ2) is 17.4. The van der Waals surface area contributed by atoms with Crippen LogP contribution < -0.4 is 10.2 Å². The summed E-state index contributed by atoms with van der Waals surface area (Å²) in [6, 6.07) is 2.40. The van der Waals surface area contributed by atoms with Crippen LogP contribution in [0.4, 0.5) is 0 Å². The van der Waals surface area contributed by atoms with Crippen LogP contribution in [0.3, 0.4) is 0 Å². The highest BCUT2D eigenvalue weighted by atomic mass is 32.2. The van der Waals surface area contributed by atoms with E-state index in [1.54, 1.807) is 11.8 Å². The molecule has 12 heteroatoms. The maximum atomic E-state index is 11.8. The zero-order valence-electron chi connectivity index (χ0n) is 20.2. The molecular weight excluding hydrogens is 468 g/mol. The first-order chi connectivity index (χ1) is 16.2. The summed E-state index contributed by atoms with van der Waals surface area (Å²) in [5.41, 5.74) is 0. The number of aromatic hydroxyl groups is 2. The zero-order valence-corrected chi connectivity index (χ0v) is 21.1. The molecule has 11 nitrogen and oxygen atoms in total. The predicted molar refractivity (Wildman–Crippen MR) is 127 cm³/mol. The van der Waals surface area contributed by atoms with E-state index in [2.05, 4.69) is 26.1 Å². The number of ether oxygens (including phenoxy) is 4. The lowest BCUT2D eigenvalue weighted by molar-refractivity contribution is -0.146. The van der Waals surface area contributed by atoms with Gasteiger partial charge in [-0.15, -0.1) is 16.5 Å². The van der Waals surface area contributed by atoms with E-state index in [4.69, 9.17) is 23.8 Å². The molecule has 0 spiro atoms. The minimum atomic E-state index is -0.657. The van der Waals surface area contributed by atoms with Crippen LogP contribution in [-0.4, -0.2) is 96.7 Å². The fraction of sp³-hybridized carbons (Fsp3) is 0.727. The number of rotatable bonds is 20. The van der Waals surface area contributed by atoms with Crippen molar-refractivity contribution >= 4 is 23.6 Å². The van der Waals surface area contributed by atoms with Crippen molar-refractivity contribution in [2.24, 2.45) is 0 Å². The summed E-state index contributed by atoms with van der Waals surface area (Å²) in [6.07, 6.45) is 0.973. The van der Waals surface area contributed by atoms with Crippen LogP contribution >= 0.6 is 11.8 Å². The molecule has 0 unspecified atom stereocenters. The zero-order chi connectivity index (χ0) is 25.2. The molecule has 0 saturated heterocycles. The second-order valence-corrected chi connectivity index (χ2v) is 9.44. The molecule has 3 N–H and O–H groups in total. The summed E-state index contributed by atoms with van der Waals surface area (Å²) >= 11 is 1.65. The standard InChI is InChI=1S/C22H38N2O9S/c1-4-22(2,3)34-17-18(25)23-8-10-30-12-14-32-16-15-31-13-11-29-9-7-21(28)33-24-19(26)5-6-20(24)27/h5-6,26-27H,4,7-17H2,1-3H3,(H,23,25). The van der Waals surface area contributed by atoms with Crippen LogP contribution in [0.2, 0.25) is 0 Å². The van der Waals surface area contributed by atoms with Crippen LogP contribution in [0.1, 0.15) is 33.6 Å². The van der Waals surface area contributed by atoms with Gasteiger partial charge in [-0.2, -0.15) is 0 Å². The van der Waals surface area contributed by atoms with E-state index in [-0.39, 0.29) is 35.4 Å². The summed E-state index contributed by atoms with van der Waals surface area (Å²) in [5.74, 6) is -0.939. The quantitative estimate of drug-likeness (QED) is 0.222. The Morgan fingerprint density at radius 1 is 0.912 bits per heavy atom. The lowest BCUT2D eigenvalue weighted by Gasteiger charge is -2.21. The first-order valence-corrected chi connectivity index (χ1v) is 12.3. The average Bonchev–Trinajstić information content (AvgIpc) is 3.12. The molecule has 1 amide bonds. The summed E-state index contributed by atoms with van der Waals surface area (Å²) in [4.78, 5) is 28.2. The average molecular weight is 507 g/mol. The number of thioether (sulfide) groups is 1. The SMILES string of the molecule is CCC(C)(C)SCC(=O)NCCOCCOCCOCCOCCC(=O)On1c(O)ccc1O. The Bertz CT molecular complexity index is 693. The Kier molecular flexibility index (Phi) is 15.4. The van der Waals surface area contributed by atoms with Crippen molar-refractivity contribution in [3.05, 3.63) is 12.1 Å². The molecule has 196 valence electrons. The number of hydrogen-bond acceptors (Lipinski definition) is 10. The molecule has 0 saturated carbocycles. The Morgan fingerprint density at radius 3 is 1.94 bits per heavy atom. The van der Waals surface area contributed by atoms with Gasteiger partial charge in [0.2, 0.25) is 17.7 Å². The molecule has 0 aliphatic rings. The highest BCUT2D eigenvalue weighted by Gasteiger charge is 2.17. The van der Waals surface area contributed by atoms with Crippen LogP contribution in [0.15, 0.2) is 12.1 Å². The Labute approximate surface area is 205 Å². The highest BCUT2D eigenvalue weighted by molar-refractivity contribution is 8.01. The molecule has 1 rings (SSSR count). The van der Waals surface area contributed by atoms with Crippen LogP contribution in [0, 0.1) is 0 Å². The Morgan fingerprint density at radius 2 is 1.41 bits per heavy atom. The van der Waals surface area contributed by atoms with Gasteiger partial charge in [0.05, 0.1) is 65.0 Å². The van der Waals surface area contributed by atoms with Gasteiger partial charge in [-0.25, -0.2) is 4.79 Å². The third-order valence-corrected chi connectivity index (χ3v) is 6.05. The van der Waals surface area contributed by atoms with E-state index in [0.29, 0.717) is 63.3 Å². The van der Waals surface area contributed by atoms with Gasteiger partial charge in [0.15, 0.2) is 0 Å². The van der Waals surface area contributed by atoms with Gasteiger partial charge in [-0.3, -0.25) is 4.79 Å². The third-order valence-electron chi connectivity index (χ3n) is 4.57. The van der Waals surface area contributed by atoms with E-state index in [0.717, 1.165) is 6.42 Å². The molecule has 1 heterocycles. The lowest BCUT2D eigenvalue weighted by Crippen LogP contribution is -2.30. The maximum absolute atomic E-state index is 11.8. The first kappa shape index (κ1) is 30.0. The van der Waals surface area contributed by atoms with E-state index >= 15 is 0 Å². The molecule has 34 heavy (non-hydrogen) atoms. The number of aromatic nitrogens is 1. The van der Waals surface area contributed by atoms with Gasteiger partial charge in [0, 0.05) is 23.4 Å². The van der Waals surface area contributed by atoms with Crippen molar-refractivity contribution in [1.82, 2.24) is 10.0 Å². The summed E-state index contributed by atoms with van der Waals surface area (Å²) < 4.78 is 22.2. The van der Waals surface area contributed by atoms with E-state index in [9.17, 15) is 19.8 Å². The van der Waals surface area contributed by atoms with Crippen molar-refractivity contribution in [3.8, 4) is 11.8 Å². The van der Waals surface area contributed by atoms with Crippen LogP contribution in [0.5, 0.6) is 11.8 Å². The molecule has 0 atom stereocenters. The number of amides is 1. The maximum Gasteiger partial charge on any atom is 0.335 e. The fourth-order valence-corrected chi connectivity index (χ4v) is 3.06. The van der Waals surface area contributed by atoms with Gasteiger partial charge in [0.25, 0.3) is 0 Å². The smallest absolute Gasteiger partial charge is 0.335 e. The van der Waals surface area contributed by atoms with Gasteiger partial charge in [-0.1, -0.05) is 20.8 Å². The summed E-state index contributed by atoms with van der Waals surface area (Å²) in [7, 11) is 0. The monoisotopic (exact) mass is 506 g/mol. The fourth-order valence-electron chi connectivity index (χ4n) is 2.24. The van der Waals surface area contributed by atoms with E-state index in [1.165, 1.54) is 12.1 Å². The molecule has 0 aliphatic carbocycles. The lowest BCUT2D eigenvalue weighted by atomic mass is 10.1. The molecule has 0 bridgehead atoms. The highest BCUT2D eigenvalue weighted by Crippen LogP contribution is 2.27. The Hall–Kier alpha value is -1.99. The molecule has 0 aliphatic heterocycles. The van der Waals surface area contributed by atoms with Gasteiger partial charge < -0.3 is 39.3 Å². The third kappa shape index (κ3) is 14.3. The van der Waals surface area contributed by atoms with Crippen molar-refractivity contribution in [1.29, 1.82) is 0 Å². The molecular formula is C22H38N2O9S. The van der Waals surface area contributed by atoms with Crippen molar-refractivity contribution in [2.75, 3.05) is 65.2 Å². The summed E-state index contributed by atoms with van der Waals surface area (Å²) in [5, 5.41) is 21.6. The van der Waals surface area contributed by atoms with Gasteiger partial charge >= 0.3 is 5.97 Å². The number of carbonyl (C=O) groups excluding carboxylic acids is 2. The number of carbonyl (C=O) groups is 2. The van der Waals surface area contributed by atoms with E-state index in [1.807, 2.05) is 0 Å². The first-order valence-electron chi connectivity index (χ1n) is 11.3. The normalized spacial score (nSPS) is 11.5. The summed E-state index contributed by atoms with van der Waals surface area (Å²) in [6.45, 7) is 9.74. The molecule has 1 aromatic rings.